The van der Waals surface area contributed by atoms with Crippen molar-refractivity contribution in [3.63, 3.8) is 0 Å². The number of hydrogen-bond donors (Lipinski definition) is 0. The minimum Gasteiger partial charge on any atom is -0.254 e. The van der Waals surface area contributed by atoms with Gasteiger partial charge in [-0.3, -0.25) is 9.97 Å². The van der Waals surface area contributed by atoms with Gasteiger partial charge in [0.05, 0.1) is 22.7 Å². The van der Waals surface area contributed by atoms with E-state index in [-0.39, 0.29) is 5.82 Å². The van der Waals surface area contributed by atoms with E-state index in [4.69, 9.17) is 0 Å². The normalized spacial score (nSPS) is 11.2. The summed E-state index contributed by atoms with van der Waals surface area (Å²) in [6.07, 6.45) is 6.52. The zero-order chi connectivity index (χ0) is 13.5. The minimum absolute atomic E-state index is 0.381. The van der Waals surface area contributed by atoms with E-state index in [2.05, 4.69) is 15.1 Å². The predicted molar refractivity (Wildman–Crippen MR) is 73.7 cm³/mol. The van der Waals surface area contributed by atoms with Crippen LogP contribution in [0.25, 0.3) is 27.7 Å². The van der Waals surface area contributed by atoms with Crippen LogP contribution >= 0.6 is 0 Å². The molecule has 0 aliphatic heterocycles. The van der Waals surface area contributed by atoms with Gasteiger partial charge in [0.1, 0.15) is 5.82 Å². The zero-order valence-electron chi connectivity index (χ0n) is 10.4. The Balaban J connectivity index is 2.01. The molecule has 0 saturated heterocycles. The number of hydrogen-bond acceptors (Lipinski definition) is 3. The fraction of sp³-hybridized carbons (Fsp3) is 0. The molecular weight excluding hydrogens is 255 g/mol. The monoisotopic (exact) mass is 264 g/mol. The smallest absolute Gasteiger partial charge is 0.143 e. The molecule has 4 nitrogen and oxygen atoms in total. The van der Waals surface area contributed by atoms with Crippen molar-refractivity contribution >= 4 is 16.6 Å². The summed E-state index contributed by atoms with van der Waals surface area (Å²) < 4.78 is 15.0. The van der Waals surface area contributed by atoms with Crippen molar-refractivity contribution in [1.29, 1.82) is 0 Å². The molecule has 0 atom stereocenters. The molecule has 0 unspecified atom stereocenters. The molecule has 0 amide bonds. The molecule has 0 N–H and O–H groups in total. The summed E-state index contributed by atoms with van der Waals surface area (Å²) in [6, 6.07) is 9.19. The third kappa shape index (κ3) is 1.64. The van der Waals surface area contributed by atoms with Crippen molar-refractivity contribution in [1.82, 2.24) is 19.6 Å². The van der Waals surface area contributed by atoms with E-state index in [1.165, 1.54) is 12.3 Å². The maximum absolute atomic E-state index is 13.2. The van der Waals surface area contributed by atoms with E-state index < -0.39 is 0 Å². The minimum atomic E-state index is -0.381. The molecule has 0 spiro atoms. The lowest BCUT2D eigenvalue weighted by Crippen LogP contribution is -1.91. The molecule has 0 bridgehead atoms. The second-order valence-electron chi connectivity index (χ2n) is 4.50. The van der Waals surface area contributed by atoms with E-state index in [0.29, 0.717) is 11.0 Å². The van der Waals surface area contributed by atoms with Gasteiger partial charge in [-0.25, -0.2) is 8.91 Å². The molecule has 5 heteroatoms. The van der Waals surface area contributed by atoms with Gasteiger partial charge in [0, 0.05) is 30.2 Å². The van der Waals surface area contributed by atoms with Gasteiger partial charge in [-0.15, -0.1) is 0 Å². The molecule has 4 aromatic heterocycles. The molecule has 0 fully saturated rings. The Hall–Kier alpha value is -2.82. The average molecular weight is 264 g/mol. The van der Waals surface area contributed by atoms with Gasteiger partial charge in [0.25, 0.3) is 0 Å². The van der Waals surface area contributed by atoms with Gasteiger partial charge in [-0.2, -0.15) is 5.10 Å². The van der Waals surface area contributed by atoms with Crippen LogP contribution in [0, 0.1) is 5.82 Å². The molecule has 96 valence electrons. The van der Waals surface area contributed by atoms with Gasteiger partial charge in [0.2, 0.25) is 0 Å². The standard InChI is InChI=1S/C15H9FN4/c16-11-8-14-15(18-9-11)13(2-4-17-14)10-3-6-20-12(7-10)1-5-19-20/h1-9H. The van der Waals surface area contributed by atoms with Crippen LogP contribution in [0.2, 0.25) is 0 Å². The van der Waals surface area contributed by atoms with Gasteiger partial charge in [-0.1, -0.05) is 0 Å². The second kappa shape index (κ2) is 4.09. The van der Waals surface area contributed by atoms with Gasteiger partial charge in [0.15, 0.2) is 0 Å². The van der Waals surface area contributed by atoms with Gasteiger partial charge in [-0.05, 0) is 29.8 Å². The number of aromatic nitrogens is 4. The summed E-state index contributed by atoms with van der Waals surface area (Å²) in [5, 5.41) is 4.17. The molecule has 4 rings (SSSR count). The number of rotatable bonds is 1. The topological polar surface area (TPSA) is 43.1 Å². The molecule has 20 heavy (non-hydrogen) atoms. The van der Waals surface area contributed by atoms with Crippen LogP contribution in [-0.4, -0.2) is 19.6 Å². The van der Waals surface area contributed by atoms with Crippen LogP contribution in [-0.2, 0) is 0 Å². The largest absolute Gasteiger partial charge is 0.254 e. The third-order valence-electron chi connectivity index (χ3n) is 3.25. The van der Waals surface area contributed by atoms with Crippen LogP contribution in [0.1, 0.15) is 0 Å². The molecule has 0 radical (unpaired) electrons. The first kappa shape index (κ1) is 11.0. The van der Waals surface area contributed by atoms with Crippen LogP contribution in [0.5, 0.6) is 0 Å². The zero-order valence-corrected chi connectivity index (χ0v) is 10.4. The van der Waals surface area contributed by atoms with E-state index >= 15 is 0 Å². The maximum Gasteiger partial charge on any atom is 0.143 e. The first-order chi connectivity index (χ1) is 9.81. The summed E-state index contributed by atoms with van der Waals surface area (Å²) in [4.78, 5) is 8.33. The van der Waals surface area contributed by atoms with Gasteiger partial charge < -0.3 is 0 Å². The summed E-state index contributed by atoms with van der Waals surface area (Å²) in [5.74, 6) is -0.381. The number of halogens is 1. The van der Waals surface area contributed by atoms with Crippen molar-refractivity contribution < 1.29 is 4.39 Å². The molecule has 0 aromatic carbocycles. The Bertz CT molecular complexity index is 929. The van der Waals surface area contributed by atoms with Crippen molar-refractivity contribution in [2.75, 3.05) is 0 Å². The Morgan fingerprint density at radius 2 is 1.95 bits per heavy atom. The highest BCUT2D eigenvalue weighted by Gasteiger charge is 2.07. The van der Waals surface area contributed by atoms with E-state index in [1.54, 1.807) is 16.9 Å². The fourth-order valence-corrected chi connectivity index (χ4v) is 2.33. The quantitative estimate of drug-likeness (QED) is 0.530. The van der Waals surface area contributed by atoms with Crippen LogP contribution in [0.4, 0.5) is 4.39 Å². The highest BCUT2D eigenvalue weighted by molar-refractivity contribution is 5.91. The first-order valence-corrected chi connectivity index (χ1v) is 6.15. The summed E-state index contributed by atoms with van der Waals surface area (Å²) in [7, 11) is 0. The number of nitrogens with zero attached hydrogens (tertiary/aromatic N) is 4. The molecule has 4 aromatic rings. The van der Waals surface area contributed by atoms with Crippen molar-refractivity contribution in [3.05, 3.63) is 60.9 Å². The SMILES string of the molecule is Fc1cnc2c(-c3ccn4nccc4c3)ccnc2c1. The first-order valence-electron chi connectivity index (χ1n) is 6.15. The molecule has 4 heterocycles. The molecular formula is C15H9FN4. The van der Waals surface area contributed by atoms with Crippen molar-refractivity contribution in [2.45, 2.75) is 0 Å². The Morgan fingerprint density at radius 3 is 2.90 bits per heavy atom. The summed E-state index contributed by atoms with van der Waals surface area (Å²) in [6.45, 7) is 0. The fourth-order valence-electron chi connectivity index (χ4n) is 2.33. The predicted octanol–water partition coefficient (Wildman–Crippen LogP) is 3.08. The van der Waals surface area contributed by atoms with E-state index in [9.17, 15) is 4.39 Å². The van der Waals surface area contributed by atoms with Crippen LogP contribution in [0.15, 0.2) is 55.1 Å². The van der Waals surface area contributed by atoms with Crippen molar-refractivity contribution in [2.24, 2.45) is 0 Å². The number of fused-ring (bicyclic) bond motifs is 2. The number of pyridine rings is 3. The van der Waals surface area contributed by atoms with Gasteiger partial charge >= 0.3 is 0 Å². The maximum atomic E-state index is 13.2. The molecule has 0 aliphatic rings. The highest BCUT2D eigenvalue weighted by Crippen LogP contribution is 2.26. The lowest BCUT2D eigenvalue weighted by atomic mass is 10.1. The second-order valence-corrected chi connectivity index (χ2v) is 4.50. The van der Waals surface area contributed by atoms with Crippen molar-refractivity contribution in [3.8, 4) is 11.1 Å². The van der Waals surface area contributed by atoms with E-state index in [0.717, 1.165) is 16.6 Å². The lowest BCUT2D eigenvalue weighted by molar-refractivity contribution is 0.624. The Morgan fingerprint density at radius 1 is 1.00 bits per heavy atom. The summed E-state index contributed by atoms with van der Waals surface area (Å²) >= 11 is 0. The Labute approximate surface area is 113 Å². The summed E-state index contributed by atoms with van der Waals surface area (Å²) in [5.41, 5.74) is 4.17. The average Bonchev–Trinajstić information content (AvgIpc) is 2.93. The third-order valence-corrected chi connectivity index (χ3v) is 3.25. The van der Waals surface area contributed by atoms with Crippen LogP contribution < -0.4 is 0 Å². The Kier molecular flexibility index (Phi) is 2.26. The lowest BCUT2D eigenvalue weighted by Gasteiger charge is -2.06. The highest BCUT2D eigenvalue weighted by atomic mass is 19.1. The molecule has 0 saturated carbocycles. The van der Waals surface area contributed by atoms with E-state index in [1.807, 2.05) is 30.5 Å². The molecule has 0 aliphatic carbocycles. The van der Waals surface area contributed by atoms with Crippen LogP contribution in [0.3, 0.4) is 0 Å².